The van der Waals surface area contributed by atoms with Crippen LogP contribution in [0.15, 0.2) is 36.4 Å². The maximum Gasteiger partial charge on any atom is 0.491 e. The molecule has 3 heterocycles. The average Bonchev–Trinajstić information content (AvgIpc) is 3.52. The van der Waals surface area contributed by atoms with Crippen molar-refractivity contribution >= 4 is 48.9 Å². The van der Waals surface area contributed by atoms with Gasteiger partial charge in [-0.25, -0.2) is 0 Å². The molecule has 15 heteroatoms. The standard InChI is InChI=1S/C27H32B2N4O9/c1-15(31-24(36)16-2-4-18-13-41-28(39)20(18)10-16)23(26(38)33-27(12-22(34)35)6-8-30-9-7-27)32-25(37)17-3-5-19-14-42-29(40)21(19)11-17/h2-5,10-11,15,23,30,39-40H,6-9,12-14H2,1H3,(H,31,36)(H,32,37)(H,33,38)(H,34,35)/t15-,23-/m0/s1. The molecule has 2 aromatic rings. The van der Waals surface area contributed by atoms with Gasteiger partial charge in [-0.1, -0.05) is 12.1 Å². The summed E-state index contributed by atoms with van der Waals surface area (Å²) >= 11 is 0. The van der Waals surface area contributed by atoms with Crippen molar-refractivity contribution in [3.05, 3.63) is 58.7 Å². The lowest BCUT2D eigenvalue weighted by Gasteiger charge is -2.39. The van der Waals surface area contributed by atoms with E-state index in [0.29, 0.717) is 36.9 Å². The van der Waals surface area contributed by atoms with Gasteiger partial charge in [0.2, 0.25) is 5.91 Å². The number of carboxylic acids is 1. The largest absolute Gasteiger partial charge is 0.491 e. The van der Waals surface area contributed by atoms with Crippen LogP contribution < -0.4 is 32.2 Å². The van der Waals surface area contributed by atoms with Crippen molar-refractivity contribution in [2.75, 3.05) is 13.1 Å². The Morgan fingerprint density at radius 2 is 1.43 bits per heavy atom. The number of carbonyl (C=O) groups is 4. The van der Waals surface area contributed by atoms with Crippen LogP contribution in [-0.4, -0.2) is 83.8 Å². The van der Waals surface area contributed by atoms with Gasteiger partial charge in [-0.05, 0) is 79.2 Å². The molecule has 0 aromatic heterocycles. The van der Waals surface area contributed by atoms with Crippen molar-refractivity contribution in [1.82, 2.24) is 21.3 Å². The second-order valence-electron chi connectivity index (χ2n) is 11.0. The predicted molar refractivity (Wildman–Crippen MR) is 151 cm³/mol. The molecular weight excluding hydrogens is 546 g/mol. The fourth-order valence-electron chi connectivity index (χ4n) is 5.61. The highest BCUT2D eigenvalue weighted by Gasteiger charge is 2.40. The molecule has 1 saturated heterocycles. The molecular formula is C27H32B2N4O9. The Labute approximate surface area is 242 Å². The number of rotatable bonds is 9. The third-order valence-corrected chi connectivity index (χ3v) is 8.01. The van der Waals surface area contributed by atoms with Gasteiger partial charge in [-0.3, -0.25) is 19.2 Å². The number of hydrogen-bond acceptors (Lipinski definition) is 9. The van der Waals surface area contributed by atoms with Crippen molar-refractivity contribution in [2.45, 2.75) is 57.0 Å². The highest BCUT2D eigenvalue weighted by molar-refractivity contribution is 6.62. The van der Waals surface area contributed by atoms with Crippen LogP contribution in [0.2, 0.25) is 0 Å². The number of nitrogens with one attached hydrogen (secondary N) is 4. The van der Waals surface area contributed by atoms with Crippen molar-refractivity contribution in [1.29, 1.82) is 0 Å². The molecule has 1 fully saturated rings. The quantitative estimate of drug-likeness (QED) is 0.160. The lowest BCUT2D eigenvalue weighted by molar-refractivity contribution is -0.139. The third kappa shape index (κ3) is 6.35. The van der Waals surface area contributed by atoms with Gasteiger partial charge in [0.1, 0.15) is 6.04 Å². The van der Waals surface area contributed by atoms with Gasteiger partial charge in [0.25, 0.3) is 11.8 Å². The molecule has 3 aliphatic heterocycles. The van der Waals surface area contributed by atoms with Crippen LogP contribution in [0.25, 0.3) is 0 Å². The molecule has 0 spiro atoms. The first-order chi connectivity index (χ1) is 20.0. The van der Waals surface area contributed by atoms with E-state index < -0.39 is 55.6 Å². The number of benzene rings is 2. The maximum absolute atomic E-state index is 13.8. The van der Waals surface area contributed by atoms with Crippen molar-refractivity contribution < 1.29 is 43.6 Å². The second kappa shape index (κ2) is 12.2. The summed E-state index contributed by atoms with van der Waals surface area (Å²) in [6.07, 6.45) is 0.438. The number of carbonyl (C=O) groups excluding carboxylic acids is 3. The topological polar surface area (TPSA) is 196 Å². The lowest BCUT2D eigenvalue weighted by Crippen LogP contribution is -2.63. The van der Waals surface area contributed by atoms with Gasteiger partial charge in [0.05, 0.1) is 31.2 Å². The molecule has 0 bridgehead atoms. The first kappa shape index (κ1) is 29.7. The average molecular weight is 578 g/mol. The van der Waals surface area contributed by atoms with Crippen molar-refractivity contribution in [3.63, 3.8) is 0 Å². The zero-order valence-corrected chi connectivity index (χ0v) is 23.0. The molecule has 3 aliphatic rings. The van der Waals surface area contributed by atoms with E-state index in [1.54, 1.807) is 31.2 Å². The Hall–Kier alpha value is -3.75. The van der Waals surface area contributed by atoms with Crippen molar-refractivity contribution in [2.24, 2.45) is 0 Å². The highest BCUT2D eigenvalue weighted by atomic mass is 16.5. The molecule has 220 valence electrons. The van der Waals surface area contributed by atoms with Crippen LogP contribution in [0.4, 0.5) is 0 Å². The predicted octanol–water partition coefficient (Wildman–Crippen LogP) is -2.25. The van der Waals surface area contributed by atoms with E-state index in [9.17, 15) is 34.3 Å². The first-order valence-corrected chi connectivity index (χ1v) is 13.8. The number of carboxylic acid groups (broad SMARTS) is 1. The van der Waals surface area contributed by atoms with Crippen molar-refractivity contribution in [3.8, 4) is 0 Å². The summed E-state index contributed by atoms with van der Waals surface area (Å²) in [6.45, 7) is 3.00. The van der Waals surface area contributed by atoms with Crippen LogP contribution in [0.1, 0.15) is 58.0 Å². The summed E-state index contributed by atoms with van der Waals surface area (Å²) in [5.41, 5.74) is 1.78. The van der Waals surface area contributed by atoms with E-state index >= 15 is 0 Å². The normalized spacial score (nSPS) is 18.5. The Kier molecular flexibility index (Phi) is 8.66. The maximum atomic E-state index is 13.8. The van der Waals surface area contributed by atoms with Crippen LogP contribution in [0.5, 0.6) is 0 Å². The van der Waals surface area contributed by atoms with Gasteiger partial charge in [0.15, 0.2) is 0 Å². The fourth-order valence-corrected chi connectivity index (χ4v) is 5.61. The molecule has 42 heavy (non-hydrogen) atoms. The summed E-state index contributed by atoms with van der Waals surface area (Å²) in [7, 11) is -2.31. The molecule has 5 rings (SSSR count). The summed E-state index contributed by atoms with van der Waals surface area (Å²) in [5, 5.41) is 41.1. The van der Waals surface area contributed by atoms with Crippen LogP contribution in [0, 0.1) is 0 Å². The summed E-state index contributed by atoms with van der Waals surface area (Å²) in [6, 6.07) is 7.21. The molecule has 13 nitrogen and oxygen atoms in total. The zero-order chi connectivity index (χ0) is 30.0. The van der Waals surface area contributed by atoms with Crippen LogP contribution in [0.3, 0.4) is 0 Å². The zero-order valence-electron chi connectivity index (χ0n) is 23.0. The minimum atomic E-state index is -1.29. The van der Waals surface area contributed by atoms with E-state index in [0.717, 1.165) is 11.1 Å². The fraction of sp³-hybridized carbons (Fsp3) is 0.407. The van der Waals surface area contributed by atoms with Gasteiger partial charge in [-0.15, -0.1) is 0 Å². The molecule has 7 N–H and O–H groups in total. The molecule has 2 atom stereocenters. The Bertz CT molecular complexity index is 1400. The summed E-state index contributed by atoms with van der Waals surface area (Å²) in [4.78, 5) is 52.0. The number of aliphatic carboxylic acids is 1. The molecule has 2 aromatic carbocycles. The van der Waals surface area contributed by atoms with E-state index in [1.807, 2.05) is 0 Å². The minimum Gasteiger partial charge on any atom is -0.481 e. The summed E-state index contributed by atoms with van der Waals surface area (Å²) < 4.78 is 10.4. The van der Waals surface area contributed by atoms with Gasteiger partial charge < -0.3 is 45.7 Å². The number of piperidine rings is 1. The van der Waals surface area contributed by atoms with Crippen LogP contribution in [-0.2, 0) is 32.1 Å². The first-order valence-electron chi connectivity index (χ1n) is 13.8. The molecule has 0 saturated carbocycles. The minimum absolute atomic E-state index is 0.171. The summed E-state index contributed by atoms with van der Waals surface area (Å²) in [5.74, 6) is -2.90. The number of amides is 3. The monoisotopic (exact) mass is 578 g/mol. The van der Waals surface area contributed by atoms with E-state index in [2.05, 4.69) is 21.3 Å². The van der Waals surface area contributed by atoms with Gasteiger partial charge >= 0.3 is 20.2 Å². The Balaban J connectivity index is 1.38. The van der Waals surface area contributed by atoms with Crippen LogP contribution >= 0.6 is 0 Å². The Morgan fingerprint density at radius 1 is 0.905 bits per heavy atom. The van der Waals surface area contributed by atoms with Gasteiger partial charge in [0, 0.05) is 11.1 Å². The smallest absolute Gasteiger partial charge is 0.481 e. The second-order valence-corrected chi connectivity index (χ2v) is 11.0. The number of fused-ring (bicyclic) bond motifs is 2. The van der Waals surface area contributed by atoms with E-state index in [-0.39, 0.29) is 30.8 Å². The molecule has 0 radical (unpaired) electrons. The number of hydrogen-bond donors (Lipinski definition) is 7. The molecule has 3 amide bonds. The third-order valence-electron chi connectivity index (χ3n) is 8.01. The van der Waals surface area contributed by atoms with E-state index in [4.69, 9.17) is 9.31 Å². The highest BCUT2D eigenvalue weighted by Crippen LogP contribution is 2.23. The Morgan fingerprint density at radius 3 is 1.95 bits per heavy atom. The SMILES string of the molecule is C[C@H](NC(=O)c1ccc2c(c1)B(O)OC2)[C@H](NC(=O)c1ccc2c(c1)B(O)OC2)C(=O)NC1(CC(=O)O)CCNCC1. The van der Waals surface area contributed by atoms with Gasteiger partial charge in [-0.2, -0.15) is 0 Å². The molecule has 0 aliphatic carbocycles. The lowest BCUT2D eigenvalue weighted by atomic mass is 9.78. The van der Waals surface area contributed by atoms with E-state index in [1.165, 1.54) is 12.1 Å². The molecule has 0 unspecified atom stereocenters.